The molecule has 1 aliphatic heterocycles. The van der Waals surface area contributed by atoms with Crippen LogP contribution in [0.3, 0.4) is 0 Å². The molecule has 0 saturated heterocycles. The van der Waals surface area contributed by atoms with Crippen molar-refractivity contribution in [1.29, 1.82) is 0 Å². The van der Waals surface area contributed by atoms with E-state index in [4.69, 9.17) is 9.47 Å². The zero-order valence-electron chi connectivity index (χ0n) is 17.9. The zero-order valence-corrected chi connectivity index (χ0v) is 18.8. The Morgan fingerprint density at radius 1 is 1.09 bits per heavy atom. The number of carbonyl (C=O) groups is 1. The van der Waals surface area contributed by atoms with Crippen LogP contribution in [0.1, 0.15) is 18.5 Å². The minimum absolute atomic E-state index is 0.0371. The van der Waals surface area contributed by atoms with Gasteiger partial charge in [0.2, 0.25) is 15.9 Å². The number of fused-ring (bicyclic) bond motifs is 1. The van der Waals surface area contributed by atoms with E-state index in [1.807, 2.05) is 18.2 Å². The van der Waals surface area contributed by atoms with Gasteiger partial charge < -0.3 is 14.8 Å². The molecular formula is C22H25N5O5S. The van der Waals surface area contributed by atoms with Crippen molar-refractivity contribution in [2.24, 2.45) is 0 Å². The molecule has 0 atom stereocenters. The van der Waals surface area contributed by atoms with Gasteiger partial charge in [0.25, 0.3) is 0 Å². The van der Waals surface area contributed by atoms with Gasteiger partial charge in [0.1, 0.15) is 0 Å². The Bertz CT molecular complexity index is 1200. The van der Waals surface area contributed by atoms with E-state index in [0.29, 0.717) is 37.1 Å². The minimum atomic E-state index is -3.80. The van der Waals surface area contributed by atoms with Gasteiger partial charge in [-0.05, 0) is 24.3 Å². The summed E-state index contributed by atoms with van der Waals surface area (Å²) in [4.78, 5) is 16.5. The number of nitrogens with zero attached hydrogens (tertiary/aromatic N) is 3. The molecule has 0 radical (unpaired) electrons. The highest BCUT2D eigenvalue weighted by Crippen LogP contribution is 2.31. The van der Waals surface area contributed by atoms with E-state index < -0.39 is 10.0 Å². The highest BCUT2D eigenvalue weighted by Gasteiger charge is 2.19. The van der Waals surface area contributed by atoms with Crippen molar-refractivity contribution in [2.45, 2.75) is 30.7 Å². The average Bonchev–Trinajstić information content (AvgIpc) is 3.11. The van der Waals surface area contributed by atoms with Crippen LogP contribution in [0.2, 0.25) is 0 Å². The Kier molecular flexibility index (Phi) is 7.20. The molecule has 33 heavy (non-hydrogen) atoms. The summed E-state index contributed by atoms with van der Waals surface area (Å²) in [7, 11) is -3.80. The zero-order chi connectivity index (χ0) is 23.1. The molecule has 174 valence electrons. The molecule has 2 aromatic heterocycles. The van der Waals surface area contributed by atoms with Gasteiger partial charge in [0, 0.05) is 62.6 Å². The largest absolute Gasteiger partial charge is 0.490 e. The van der Waals surface area contributed by atoms with Crippen LogP contribution in [0.5, 0.6) is 11.5 Å². The molecule has 1 amide bonds. The van der Waals surface area contributed by atoms with Crippen LogP contribution in [-0.4, -0.2) is 48.8 Å². The van der Waals surface area contributed by atoms with Gasteiger partial charge in [-0.2, -0.15) is 5.10 Å². The van der Waals surface area contributed by atoms with E-state index in [2.05, 4.69) is 20.1 Å². The van der Waals surface area contributed by atoms with Crippen LogP contribution >= 0.6 is 0 Å². The third-order valence-electron chi connectivity index (χ3n) is 4.90. The van der Waals surface area contributed by atoms with Crippen molar-refractivity contribution in [2.75, 3.05) is 25.1 Å². The summed E-state index contributed by atoms with van der Waals surface area (Å²) in [6, 6.07) is 11.9. The molecular weight excluding hydrogens is 446 g/mol. The topological polar surface area (TPSA) is 124 Å². The number of aryl methyl sites for hydroxylation is 2. The van der Waals surface area contributed by atoms with E-state index in [-0.39, 0.29) is 23.8 Å². The monoisotopic (exact) mass is 471 g/mol. The molecule has 2 N–H and O–H groups in total. The molecule has 4 rings (SSSR count). The Morgan fingerprint density at radius 2 is 1.94 bits per heavy atom. The normalized spacial score (nSPS) is 13.3. The fraction of sp³-hybridized carbons (Fsp3) is 0.318. The molecule has 11 heteroatoms. The predicted molar refractivity (Wildman–Crippen MR) is 121 cm³/mol. The van der Waals surface area contributed by atoms with Gasteiger partial charge in [0.15, 0.2) is 17.3 Å². The van der Waals surface area contributed by atoms with Crippen LogP contribution in [-0.2, 0) is 27.8 Å². The summed E-state index contributed by atoms with van der Waals surface area (Å²) in [5.74, 6) is 0.982. The number of nitrogens with one attached hydrogen (secondary N) is 2. The number of ether oxygens (including phenoxy) is 2. The van der Waals surface area contributed by atoms with Crippen LogP contribution < -0.4 is 19.5 Å². The molecule has 1 aliphatic rings. The maximum atomic E-state index is 12.6. The number of carbonyl (C=O) groups excluding carboxylic acids is 1. The van der Waals surface area contributed by atoms with Gasteiger partial charge in [-0.1, -0.05) is 6.07 Å². The first-order valence-corrected chi connectivity index (χ1v) is 12.1. The molecule has 0 fully saturated rings. The first kappa shape index (κ1) is 22.7. The molecule has 0 bridgehead atoms. The fourth-order valence-electron chi connectivity index (χ4n) is 3.23. The van der Waals surface area contributed by atoms with Gasteiger partial charge in [0.05, 0.1) is 18.1 Å². The lowest BCUT2D eigenvalue weighted by Crippen LogP contribution is -2.28. The molecule has 0 saturated carbocycles. The van der Waals surface area contributed by atoms with E-state index in [9.17, 15) is 13.2 Å². The number of rotatable bonds is 9. The van der Waals surface area contributed by atoms with Crippen LogP contribution in [0.15, 0.2) is 59.8 Å². The summed E-state index contributed by atoms with van der Waals surface area (Å²) in [6.07, 6.45) is 4.92. The number of sulfonamides is 1. The van der Waals surface area contributed by atoms with Crippen molar-refractivity contribution >= 4 is 21.7 Å². The highest BCUT2D eigenvalue weighted by atomic mass is 32.2. The minimum Gasteiger partial charge on any atom is -0.490 e. The maximum absolute atomic E-state index is 12.6. The lowest BCUT2D eigenvalue weighted by Gasteiger charge is -2.11. The Hall–Kier alpha value is -3.44. The number of hydrogen-bond donors (Lipinski definition) is 2. The molecule has 0 spiro atoms. The number of aromatic nitrogens is 3. The van der Waals surface area contributed by atoms with Crippen molar-refractivity contribution < 1.29 is 22.7 Å². The van der Waals surface area contributed by atoms with Crippen molar-refractivity contribution in [1.82, 2.24) is 19.5 Å². The summed E-state index contributed by atoms with van der Waals surface area (Å²) in [6.45, 7) is 1.56. The molecule has 3 heterocycles. The molecule has 10 nitrogen and oxygen atoms in total. The average molecular weight is 472 g/mol. The third kappa shape index (κ3) is 6.30. The smallest absolute Gasteiger partial charge is 0.240 e. The second-order valence-corrected chi connectivity index (χ2v) is 9.16. The molecule has 0 unspecified atom stereocenters. The predicted octanol–water partition coefficient (Wildman–Crippen LogP) is 1.99. The number of benzene rings is 1. The van der Waals surface area contributed by atoms with E-state index in [1.165, 1.54) is 12.1 Å². The maximum Gasteiger partial charge on any atom is 0.240 e. The second kappa shape index (κ2) is 10.5. The van der Waals surface area contributed by atoms with Crippen molar-refractivity contribution in [3.8, 4) is 11.5 Å². The lowest BCUT2D eigenvalue weighted by atomic mass is 10.3. The van der Waals surface area contributed by atoms with Crippen molar-refractivity contribution in [3.05, 3.63) is 60.6 Å². The van der Waals surface area contributed by atoms with E-state index in [1.54, 1.807) is 29.2 Å². The third-order valence-corrected chi connectivity index (χ3v) is 6.36. The summed E-state index contributed by atoms with van der Waals surface area (Å²) in [5.41, 5.74) is 0.958. The van der Waals surface area contributed by atoms with Crippen LogP contribution in [0.4, 0.5) is 5.82 Å². The number of hydrogen-bond acceptors (Lipinski definition) is 7. The summed E-state index contributed by atoms with van der Waals surface area (Å²) in [5, 5.41) is 6.99. The van der Waals surface area contributed by atoms with E-state index >= 15 is 0 Å². The Labute approximate surface area is 192 Å². The molecule has 3 aromatic rings. The molecule has 1 aromatic carbocycles. The van der Waals surface area contributed by atoms with Crippen LogP contribution in [0, 0.1) is 0 Å². The Balaban J connectivity index is 1.24. The number of amides is 1. The summed E-state index contributed by atoms with van der Waals surface area (Å²) >= 11 is 0. The number of pyridine rings is 1. The first-order chi connectivity index (χ1) is 16.0. The van der Waals surface area contributed by atoms with Gasteiger partial charge in [-0.25, -0.2) is 13.1 Å². The highest BCUT2D eigenvalue weighted by molar-refractivity contribution is 7.89. The van der Waals surface area contributed by atoms with Gasteiger partial charge >= 0.3 is 0 Å². The quantitative estimate of drug-likeness (QED) is 0.489. The lowest BCUT2D eigenvalue weighted by molar-refractivity contribution is -0.116. The van der Waals surface area contributed by atoms with Crippen LogP contribution in [0.25, 0.3) is 0 Å². The van der Waals surface area contributed by atoms with Crippen molar-refractivity contribution in [3.63, 3.8) is 0 Å². The Morgan fingerprint density at radius 3 is 2.76 bits per heavy atom. The fourth-order valence-corrected chi connectivity index (χ4v) is 4.27. The molecule has 0 aliphatic carbocycles. The summed E-state index contributed by atoms with van der Waals surface area (Å²) < 4.78 is 40.4. The number of anilines is 1. The van der Waals surface area contributed by atoms with E-state index in [0.717, 1.165) is 18.5 Å². The van der Waals surface area contributed by atoms with Gasteiger partial charge in [-0.3, -0.25) is 14.5 Å². The SMILES string of the molecule is O=C(CCNS(=O)(=O)c1ccc2c(c1)OCCCO2)Nc1ccn(CCc2ccccn2)n1. The van der Waals surface area contributed by atoms with Gasteiger partial charge in [-0.15, -0.1) is 0 Å². The first-order valence-electron chi connectivity index (χ1n) is 10.6. The second-order valence-electron chi connectivity index (χ2n) is 7.39. The standard InChI is InChI=1S/C22H25N5O5S/c28-22(25-21-9-13-27(26-21)12-8-17-4-1-2-10-23-17)7-11-24-33(29,30)18-5-6-19-20(16-18)32-15-3-14-31-19/h1-2,4-6,9-10,13,16,24H,3,7-8,11-12,14-15H2,(H,25,26,28).